The molecule has 0 atom stereocenters. The lowest BCUT2D eigenvalue weighted by atomic mass is 10.2. The lowest BCUT2D eigenvalue weighted by Gasteiger charge is -2.06. The second-order valence-corrected chi connectivity index (χ2v) is 4.79. The van der Waals surface area contributed by atoms with Gasteiger partial charge in [-0.3, -0.25) is 9.20 Å². The molecular formula is C11H12N2O3S. The van der Waals surface area contributed by atoms with Crippen LogP contribution in [0.2, 0.25) is 0 Å². The van der Waals surface area contributed by atoms with Crippen molar-refractivity contribution in [2.45, 2.75) is 19.1 Å². The van der Waals surface area contributed by atoms with E-state index in [0.29, 0.717) is 26.1 Å². The molecule has 0 bridgehead atoms. The maximum atomic E-state index is 11.8. The molecule has 0 spiro atoms. The van der Waals surface area contributed by atoms with E-state index in [2.05, 4.69) is 4.98 Å². The number of ether oxygens (including phenoxy) is 2. The van der Waals surface area contributed by atoms with Gasteiger partial charge in [-0.1, -0.05) is 0 Å². The topological polar surface area (TPSA) is 52.8 Å². The first-order chi connectivity index (χ1) is 8.31. The fourth-order valence-corrected chi connectivity index (χ4v) is 2.57. The molecule has 6 heteroatoms. The standard InChI is InChI=1S/C11H12N2O3S/c14-9(6-10-15-2-3-16-10)5-8-7-13-1-4-17-11(13)12-8/h1,4,7,10H,2-3,5-6H2. The van der Waals surface area contributed by atoms with Crippen LogP contribution in [0.15, 0.2) is 17.8 Å². The molecule has 0 N–H and O–H groups in total. The second kappa shape index (κ2) is 4.56. The maximum absolute atomic E-state index is 11.8. The first-order valence-electron chi connectivity index (χ1n) is 5.47. The maximum Gasteiger partial charge on any atom is 0.193 e. The summed E-state index contributed by atoms with van der Waals surface area (Å²) in [6, 6.07) is 0. The van der Waals surface area contributed by atoms with Gasteiger partial charge in [0.2, 0.25) is 0 Å². The quantitative estimate of drug-likeness (QED) is 0.822. The highest BCUT2D eigenvalue weighted by Crippen LogP contribution is 2.14. The third-order valence-corrected chi connectivity index (χ3v) is 3.38. The van der Waals surface area contributed by atoms with Crippen LogP contribution in [-0.4, -0.2) is 34.7 Å². The molecule has 0 radical (unpaired) electrons. The van der Waals surface area contributed by atoms with E-state index in [-0.39, 0.29) is 12.1 Å². The van der Waals surface area contributed by atoms with Crippen LogP contribution in [0.3, 0.4) is 0 Å². The zero-order chi connectivity index (χ0) is 11.7. The summed E-state index contributed by atoms with van der Waals surface area (Å²) in [6.07, 6.45) is 4.12. The average Bonchev–Trinajstić information content (AvgIpc) is 2.92. The highest BCUT2D eigenvalue weighted by Gasteiger charge is 2.20. The van der Waals surface area contributed by atoms with Crippen molar-refractivity contribution in [3.8, 4) is 0 Å². The van der Waals surface area contributed by atoms with E-state index in [1.807, 2.05) is 22.2 Å². The molecule has 2 aromatic heterocycles. The number of hydrogen-bond acceptors (Lipinski definition) is 5. The lowest BCUT2D eigenvalue weighted by Crippen LogP contribution is -2.15. The van der Waals surface area contributed by atoms with Gasteiger partial charge in [-0.05, 0) is 0 Å². The Labute approximate surface area is 102 Å². The highest BCUT2D eigenvalue weighted by atomic mass is 32.1. The van der Waals surface area contributed by atoms with Crippen molar-refractivity contribution >= 4 is 22.1 Å². The summed E-state index contributed by atoms with van der Waals surface area (Å²) < 4.78 is 12.4. The number of aromatic nitrogens is 2. The van der Waals surface area contributed by atoms with Crippen molar-refractivity contribution in [1.82, 2.24) is 9.38 Å². The second-order valence-electron chi connectivity index (χ2n) is 3.92. The number of rotatable bonds is 4. The van der Waals surface area contributed by atoms with Crippen molar-refractivity contribution < 1.29 is 14.3 Å². The first-order valence-corrected chi connectivity index (χ1v) is 6.35. The van der Waals surface area contributed by atoms with Gasteiger partial charge in [0.25, 0.3) is 0 Å². The van der Waals surface area contributed by atoms with Crippen LogP contribution in [0.5, 0.6) is 0 Å². The smallest absolute Gasteiger partial charge is 0.193 e. The Morgan fingerprint density at radius 2 is 2.35 bits per heavy atom. The number of ketones is 1. The average molecular weight is 252 g/mol. The van der Waals surface area contributed by atoms with Gasteiger partial charge in [-0.2, -0.15) is 0 Å². The number of carbonyl (C=O) groups excluding carboxylic acids is 1. The van der Waals surface area contributed by atoms with Crippen molar-refractivity contribution in [2.75, 3.05) is 13.2 Å². The van der Waals surface area contributed by atoms with Gasteiger partial charge < -0.3 is 9.47 Å². The number of thiazole rings is 1. The van der Waals surface area contributed by atoms with Crippen LogP contribution in [0.25, 0.3) is 4.96 Å². The Bertz CT molecular complexity index is 499. The van der Waals surface area contributed by atoms with Crippen LogP contribution in [0.4, 0.5) is 0 Å². The molecule has 0 unspecified atom stereocenters. The predicted molar refractivity (Wildman–Crippen MR) is 62.1 cm³/mol. The third kappa shape index (κ3) is 2.38. The minimum absolute atomic E-state index is 0.0997. The minimum atomic E-state index is -0.355. The monoisotopic (exact) mass is 252 g/mol. The van der Waals surface area contributed by atoms with Gasteiger partial charge in [0.15, 0.2) is 11.3 Å². The van der Waals surface area contributed by atoms with E-state index in [4.69, 9.17) is 9.47 Å². The summed E-state index contributed by atoms with van der Waals surface area (Å²) in [5, 5.41) is 1.97. The van der Waals surface area contributed by atoms with Crippen LogP contribution in [0, 0.1) is 0 Å². The Morgan fingerprint density at radius 3 is 3.12 bits per heavy atom. The van der Waals surface area contributed by atoms with Gasteiger partial charge in [-0.25, -0.2) is 4.98 Å². The van der Waals surface area contributed by atoms with Gasteiger partial charge >= 0.3 is 0 Å². The molecule has 2 aromatic rings. The number of nitrogens with zero attached hydrogens (tertiary/aromatic N) is 2. The number of hydrogen-bond donors (Lipinski definition) is 0. The van der Waals surface area contributed by atoms with Crippen molar-refractivity contribution in [1.29, 1.82) is 0 Å². The van der Waals surface area contributed by atoms with Gasteiger partial charge in [-0.15, -0.1) is 11.3 Å². The Kier molecular flexibility index (Phi) is 2.92. The number of Topliss-reactive ketones (excluding diaryl/α,β-unsaturated/α-hetero) is 1. The zero-order valence-electron chi connectivity index (χ0n) is 9.17. The number of fused-ring (bicyclic) bond motifs is 1. The summed E-state index contributed by atoms with van der Waals surface area (Å²) in [6.45, 7) is 1.16. The van der Waals surface area contributed by atoms with Crippen LogP contribution in [0.1, 0.15) is 12.1 Å². The van der Waals surface area contributed by atoms with E-state index in [9.17, 15) is 4.79 Å². The van der Waals surface area contributed by atoms with Crippen molar-refractivity contribution in [3.05, 3.63) is 23.5 Å². The van der Waals surface area contributed by atoms with E-state index in [0.717, 1.165) is 10.7 Å². The number of carbonyl (C=O) groups is 1. The molecule has 90 valence electrons. The molecule has 3 heterocycles. The summed E-state index contributed by atoms with van der Waals surface area (Å²) in [4.78, 5) is 17.0. The Balaban J connectivity index is 1.62. The molecule has 0 aromatic carbocycles. The first kappa shape index (κ1) is 10.9. The van der Waals surface area contributed by atoms with E-state index in [1.165, 1.54) is 0 Å². The molecule has 5 nitrogen and oxygen atoms in total. The lowest BCUT2D eigenvalue weighted by molar-refractivity contribution is -0.126. The third-order valence-electron chi connectivity index (χ3n) is 2.61. The summed E-state index contributed by atoms with van der Waals surface area (Å²) in [5.41, 5.74) is 0.805. The van der Waals surface area contributed by atoms with Crippen LogP contribution < -0.4 is 0 Å². The summed E-state index contributed by atoms with van der Waals surface area (Å²) in [7, 11) is 0. The van der Waals surface area contributed by atoms with E-state index < -0.39 is 0 Å². The SMILES string of the molecule is O=C(Cc1cn2ccsc2n1)CC1OCCO1. The molecule has 1 fully saturated rings. The van der Waals surface area contributed by atoms with Crippen LogP contribution >= 0.6 is 11.3 Å². The predicted octanol–water partition coefficient (Wildman–Crippen LogP) is 1.27. The van der Waals surface area contributed by atoms with E-state index >= 15 is 0 Å². The van der Waals surface area contributed by atoms with Gasteiger partial charge in [0.05, 0.1) is 31.7 Å². The molecule has 0 saturated carbocycles. The Morgan fingerprint density at radius 1 is 1.53 bits per heavy atom. The van der Waals surface area contributed by atoms with E-state index in [1.54, 1.807) is 11.3 Å². The minimum Gasteiger partial charge on any atom is -0.350 e. The molecule has 0 amide bonds. The largest absolute Gasteiger partial charge is 0.350 e. The summed E-state index contributed by atoms with van der Waals surface area (Å²) in [5.74, 6) is 0.0997. The van der Waals surface area contributed by atoms with Gasteiger partial charge in [0, 0.05) is 17.8 Å². The van der Waals surface area contributed by atoms with Crippen molar-refractivity contribution in [2.24, 2.45) is 0 Å². The summed E-state index contributed by atoms with van der Waals surface area (Å²) >= 11 is 1.56. The molecule has 3 rings (SSSR count). The molecule has 1 aliphatic heterocycles. The normalized spacial score (nSPS) is 16.9. The van der Waals surface area contributed by atoms with Crippen LogP contribution in [-0.2, 0) is 20.7 Å². The zero-order valence-corrected chi connectivity index (χ0v) is 9.98. The Hall–Kier alpha value is -1.24. The highest BCUT2D eigenvalue weighted by molar-refractivity contribution is 7.15. The molecule has 0 aliphatic carbocycles. The molecule has 1 aliphatic rings. The molecule has 1 saturated heterocycles. The van der Waals surface area contributed by atoms with Crippen molar-refractivity contribution in [3.63, 3.8) is 0 Å². The number of imidazole rings is 1. The fraction of sp³-hybridized carbons (Fsp3) is 0.455. The molecule has 17 heavy (non-hydrogen) atoms. The molecular weight excluding hydrogens is 240 g/mol. The van der Waals surface area contributed by atoms with Gasteiger partial charge in [0.1, 0.15) is 5.78 Å². The fourth-order valence-electron chi connectivity index (χ4n) is 1.85.